The summed E-state index contributed by atoms with van der Waals surface area (Å²) >= 11 is 3.48. The first-order valence-corrected chi connectivity index (χ1v) is 10.4. The van der Waals surface area contributed by atoms with E-state index >= 15 is 0 Å². The summed E-state index contributed by atoms with van der Waals surface area (Å²) in [4.78, 5) is 28.7. The number of carbonyl (C=O) groups is 2. The van der Waals surface area contributed by atoms with E-state index in [1.54, 1.807) is 29.2 Å². The van der Waals surface area contributed by atoms with Gasteiger partial charge in [-0.25, -0.2) is 4.79 Å². The van der Waals surface area contributed by atoms with Gasteiger partial charge in [-0.2, -0.15) is 0 Å². The van der Waals surface area contributed by atoms with Crippen LogP contribution in [0, 0.1) is 0 Å². The topological polar surface area (TPSA) is 59.1 Å². The third kappa shape index (κ3) is 6.87. The van der Waals surface area contributed by atoms with Gasteiger partial charge in [0, 0.05) is 28.8 Å². The number of likely N-dealkylation sites (N-methyl/N-ethyl adjacent to an activating group) is 1. The fourth-order valence-electron chi connectivity index (χ4n) is 2.85. The van der Waals surface area contributed by atoms with Gasteiger partial charge in [-0.15, -0.1) is 0 Å². The molecule has 7 heteroatoms. The Kier molecular flexibility index (Phi) is 9.15. The number of rotatable bonds is 10. The fraction of sp³-hybridized carbons (Fsp3) is 0.364. The lowest BCUT2D eigenvalue weighted by atomic mass is 10.1. The van der Waals surface area contributed by atoms with Crippen molar-refractivity contribution in [2.75, 3.05) is 44.8 Å². The van der Waals surface area contributed by atoms with E-state index in [1.807, 2.05) is 24.3 Å². The van der Waals surface area contributed by atoms with Crippen molar-refractivity contribution in [2.45, 2.75) is 13.8 Å². The number of hydrogen-bond acceptors (Lipinski definition) is 5. The van der Waals surface area contributed by atoms with Crippen LogP contribution in [0.15, 0.2) is 53.0 Å². The molecular formula is C22H27BrN2O4. The summed E-state index contributed by atoms with van der Waals surface area (Å²) in [5, 5.41) is 0. The molecule has 0 radical (unpaired) electrons. The van der Waals surface area contributed by atoms with Crippen LogP contribution in [-0.4, -0.2) is 56.7 Å². The van der Waals surface area contributed by atoms with Gasteiger partial charge in [0.05, 0.1) is 7.11 Å². The highest BCUT2D eigenvalue weighted by atomic mass is 79.9. The number of benzene rings is 2. The van der Waals surface area contributed by atoms with Gasteiger partial charge in [-0.1, -0.05) is 41.9 Å². The van der Waals surface area contributed by atoms with Crippen LogP contribution in [0.1, 0.15) is 24.2 Å². The van der Waals surface area contributed by atoms with Gasteiger partial charge in [0.2, 0.25) is 0 Å². The maximum absolute atomic E-state index is 13.3. The molecule has 0 aliphatic heterocycles. The monoisotopic (exact) mass is 462 g/mol. The molecule has 0 aliphatic rings. The summed E-state index contributed by atoms with van der Waals surface area (Å²) in [6.07, 6.45) is 0. The van der Waals surface area contributed by atoms with Crippen molar-refractivity contribution in [3.8, 4) is 5.75 Å². The predicted octanol–water partition coefficient (Wildman–Crippen LogP) is 3.99. The highest BCUT2D eigenvalue weighted by Gasteiger charge is 2.19. The lowest BCUT2D eigenvalue weighted by Gasteiger charge is -2.27. The second-order valence-electron chi connectivity index (χ2n) is 6.36. The van der Waals surface area contributed by atoms with Crippen LogP contribution >= 0.6 is 15.9 Å². The molecule has 0 saturated carbocycles. The molecule has 1 amide bonds. The van der Waals surface area contributed by atoms with Gasteiger partial charge in [0.25, 0.3) is 5.91 Å². The Hall–Kier alpha value is -2.38. The highest BCUT2D eigenvalue weighted by molar-refractivity contribution is 9.10. The number of anilines is 1. The normalized spacial score (nSPS) is 10.7. The van der Waals surface area contributed by atoms with Gasteiger partial charge < -0.3 is 19.3 Å². The first-order chi connectivity index (χ1) is 14.0. The first-order valence-electron chi connectivity index (χ1n) is 9.58. The maximum atomic E-state index is 13.3. The maximum Gasteiger partial charge on any atom is 0.343 e. The van der Waals surface area contributed by atoms with Gasteiger partial charge in [0.15, 0.2) is 6.61 Å². The number of carbonyl (C=O) groups excluding carboxylic acids is 2. The third-order valence-corrected chi connectivity index (χ3v) is 5.06. The lowest BCUT2D eigenvalue weighted by molar-refractivity contribution is -0.142. The van der Waals surface area contributed by atoms with E-state index in [9.17, 15) is 9.59 Å². The number of ether oxygens (including phenoxy) is 2. The van der Waals surface area contributed by atoms with Gasteiger partial charge in [-0.3, -0.25) is 4.79 Å². The van der Waals surface area contributed by atoms with Gasteiger partial charge in [-0.05, 0) is 49.5 Å². The predicted molar refractivity (Wildman–Crippen MR) is 118 cm³/mol. The standard InChI is InChI=1S/C22H27BrN2O4/c1-4-24(5-2)12-13-25(19-10-7-9-18(23)15-19)22(27)17-8-6-11-20(14-17)29-16-21(26)28-3/h6-11,14-15H,4-5,12-13,16H2,1-3H3. The first kappa shape index (κ1) is 22.9. The van der Waals surface area contributed by atoms with E-state index in [0.717, 1.165) is 29.8 Å². The van der Waals surface area contributed by atoms with Crippen molar-refractivity contribution in [1.29, 1.82) is 0 Å². The molecule has 29 heavy (non-hydrogen) atoms. The molecule has 0 N–H and O–H groups in total. The Morgan fingerprint density at radius 1 is 1.00 bits per heavy atom. The lowest BCUT2D eigenvalue weighted by Crippen LogP contribution is -2.38. The molecular weight excluding hydrogens is 436 g/mol. The number of amides is 1. The number of hydrogen-bond donors (Lipinski definition) is 0. The molecule has 0 saturated heterocycles. The van der Waals surface area contributed by atoms with Gasteiger partial charge in [0.1, 0.15) is 5.75 Å². The summed E-state index contributed by atoms with van der Waals surface area (Å²) in [7, 11) is 1.30. The minimum absolute atomic E-state index is 0.126. The molecule has 0 aromatic heterocycles. The van der Waals surface area contributed by atoms with E-state index < -0.39 is 5.97 Å². The summed E-state index contributed by atoms with van der Waals surface area (Å²) in [5.41, 5.74) is 1.31. The minimum Gasteiger partial charge on any atom is -0.482 e. The van der Waals surface area contributed by atoms with Crippen molar-refractivity contribution >= 4 is 33.5 Å². The third-order valence-electron chi connectivity index (χ3n) is 4.56. The van der Waals surface area contributed by atoms with Crippen molar-refractivity contribution in [3.05, 3.63) is 58.6 Å². The molecule has 0 bridgehead atoms. The summed E-state index contributed by atoms with van der Waals surface area (Å²) < 4.78 is 10.9. The summed E-state index contributed by atoms with van der Waals surface area (Å²) in [6.45, 7) is 7.19. The zero-order valence-corrected chi connectivity index (χ0v) is 18.6. The molecule has 2 rings (SSSR count). The van der Waals surface area contributed by atoms with E-state index in [2.05, 4.69) is 39.4 Å². The highest BCUT2D eigenvalue weighted by Crippen LogP contribution is 2.23. The number of halogens is 1. The van der Waals surface area contributed by atoms with Crippen molar-refractivity contribution < 1.29 is 19.1 Å². The SMILES string of the molecule is CCN(CC)CCN(C(=O)c1cccc(OCC(=O)OC)c1)c1cccc(Br)c1. The molecule has 0 unspecified atom stereocenters. The van der Waals surface area contributed by atoms with Crippen LogP contribution in [0.3, 0.4) is 0 Å². The van der Waals surface area contributed by atoms with Crippen LogP contribution in [0.2, 0.25) is 0 Å². The quantitative estimate of drug-likeness (QED) is 0.499. The zero-order valence-electron chi connectivity index (χ0n) is 17.1. The largest absolute Gasteiger partial charge is 0.482 e. The molecule has 2 aromatic carbocycles. The molecule has 2 aromatic rings. The molecule has 0 fully saturated rings. The Labute approximate surface area is 180 Å². The molecule has 0 atom stereocenters. The average molecular weight is 463 g/mol. The Morgan fingerprint density at radius 2 is 1.72 bits per heavy atom. The van der Waals surface area contributed by atoms with E-state index in [-0.39, 0.29) is 12.5 Å². The number of nitrogens with zero attached hydrogens (tertiary/aromatic N) is 2. The Balaban J connectivity index is 2.25. The fourth-order valence-corrected chi connectivity index (χ4v) is 3.24. The smallest absolute Gasteiger partial charge is 0.343 e. The zero-order chi connectivity index (χ0) is 21.2. The van der Waals surface area contributed by atoms with E-state index in [1.165, 1.54) is 7.11 Å². The number of esters is 1. The van der Waals surface area contributed by atoms with Crippen molar-refractivity contribution in [3.63, 3.8) is 0 Å². The van der Waals surface area contributed by atoms with Crippen LogP contribution in [-0.2, 0) is 9.53 Å². The summed E-state index contributed by atoms with van der Waals surface area (Å²) in [5.74, 6) is -0.158. The summed E-state index contributed by atoms with van der Waals surface area (Å²) in [6, 6.07) is 14.5. The van der Waals surface area contributed by atoms with Crippen LogP contribution in [0.25, 0.3) is 0 Å². The van der Waals surface area contributed by atoms with Crippen molar-refractivity contribution in [1.82, 2.24) is 4.90 Å². The van der Waals surface area contributed by atoms with Crippen LogP contribution < -0.4 is 9.64 Å². The second kappa shape index (κ2) is 11.6. The second-order valence-corrected chi connectivity index (χ2v) is 7.27. The van der Waals surface area contributed by atoms with Crippen LogP contribution in [0.4, 0.5) is 5.69 Å². The average Bonchev–Trinajstić information content (AvgIpc) is 2.75. The van der Waals surface area contributed by atoms with E-state index in [4.69, 9.17) is 4.74 Å². The van der Waals surface area contributed by atoms with E-state index in [0.29, 0.717) is 17.9 Å². The molecule has 0 spiro atoms. The number of methoxy groups -OCH3 is 1. The minimum atomic E-state index is -0.475. The molecule has 0 aliphatic carbocycles. The van der Waals surface area contributed by atoms with Crippen LogP contribution in [0.5, 0.6) is 5.75 Å². The van der Waals surface area contributed by atoms with Crippen molar-refractivity contribution in [2.24, 2.45) is 0 Å². The Bertz CT molecular complexity index is 824. The molecule has 0 heterocycles. The Morgan fingerprint density at radius 3 is 2.38 bits per heavy atom. The van der Waals surface area contributed by atoms with Gasteiger partial charge >= 0.3 is 5.97 Å². The molecule has 6 nitrogen and oxygen atoms in total. The molecule has 156 valence electrons.